The molecule has 0 N–H and O–H groups in total. The van der Waals surface area contributed by atoms with Gasteiger partial charge in [0.25, 0.3) is 5.56 Å². The van der Waals surface area contributed by atoms with Crippen molar-refractivity contribution < 1.29 is 8.42 Å². The highest BCUT2D eigenvalue weighted by Crippen LogP contribution is 2.15. The van der Waals surface area contributed by atoms with E-state index in [2.05, 4.69) is 0 Å². The molecule has 0 aliphatic carbocycles. The zero-order chi connectivity index (χ0) is 16.4. The maximum absolute atomic E-state index is 12.7. The summed E-state index contributed by atoms with van der Waals surface area (Å²) in [6, 6.07) is 0. The minimum Gasteiger partial charge on any atom is -0.300 e. The molecule has 0 unspecified atom stereocenters. The van der Waals surface area contributed by atoms with Gasteiger partial charge in [0.2, 0.25) is 10.0 Å². The molecule has 0 spiro atoms. The molecule has 120 valence electrons. The van der Waals surface area contributed by atoms with Crippen LogP contribution in [-0.4, -0.2) is 34.9 Å². The first-order valence-electron chi connectivity index (χ1n) is 6.96. The maximum Gasteiger partial charge on any atom is 0.330 e. The Bertz CT molecular complexity index is 731. The summed E-state index contributed by atoms with van der Waals surface area (Å²) in [5.74, 6) is 0. The first-order valence-corrected chi connectivity index (χ1v) is 8.40. The van der Waals surface area contributed by atoms with E-state index in [9.17, 15) is 18.0 Å². The van der Waals surface area contributed by atoms with E-state index in [1.807, 2.05) is 6.92 Å². The van der Waals surface area contributed by atoms with Crippen LogP contribution < -0.4 is 11.2 Å². The van der Waals surface area contributed by atoms with Crippen LogP contribution in [0.25, 0.3) is 0 Å². The molecular weight excluding hydrogens is 294 g/mol. The molecule has 0 atom stereocenters. The number of hydrogen-bond acceptors (Lipinski definition) is 4. The zero-order valence-corrected chi connectivity index (χ0v) is 14.0. The van der Waals surface area contributed by atoms with Gasteiger partial charge in [-0.1, -0.05) is 20.3 Å². The lowest BCUT2D eigenvalue weighted by Crippen LogP contribution is -2.44. The lowest BCUT2D eigenvalue weighted by atomic mass is 10.3. The Balaban J connectivity index is 3.59. The Morgan fingerprint density at radius 3 is 2.14 bits per heavy atom. The van der Waals surface area contributed by atoms with Gasteiger partial charge in [0.15, 0.2) is 4.90 Å². The van der Waals surface area contributed by atoms with Crippen LogP contribution in [0.3, 0.4) is 0 Å². The van der Waals surface area contributed by atoms with Gasteiger partial charge in [0.1, 0.15) is 0 Å². The Labute approximate surface area is 124 Å². The Kier molecular flexibility index (Phi) is 5.52. The van der Waals surface area contributed by atoms with Gasteiger partial charge in [-0.05, 0) is 13.3 Å². The summed E-state index contributed by atoms with van der Waals surface area (Å²) in [7, 11) is -1.17. The fourth-order valence-electron chi connectivity index (χ4n) is 2.12. The molecule has 0 amide bonds. The lowest BCUT2D eigenvalue weighted by Gasteiger charge is -2.21. The Morgan fingerprint density at radius 1 is 1.10 bits per heavy atom. The van der Waals surface area contributed by atoms with Gasteiger partial charge in [0, 0.05) is 32.9 Å². The molecule has 1 aromatic rings. The smallest absolute Gasteiger partial charge is 0.300 e. The molecule has 7 nitrogen and oxygen atoms in total. The van der Waals surface area contributed by atoms with Crippen LogP contribution in [0, 0.1) is 6.92 Å². The molecule has 0 radical (unpaired) electrons. The second-order valence-electron chi connectivity index (χ2n) is 4.97. The monoisotopic (exact) mass is 317 g/mol. The predicted molar refractivity (Wildman–Crippen MR) is 81.0 cm³/mol. The van der Waals surface area contributed by atoms with Gasteiger partial charge in [-0.15, -0.1) is 0 Å². The van der Waals surface area contributed by atoms with Gasteiger partial charge < -0.3 is 0 Å². The summed E-state index contributed by atoms with van der Waals surface area (Å²) >= 11 is 0. The fraction of sp³-hybridized carbons (Fsp3) is 0.692. The molecule has 1 rings (SSSR count). The Morgan fingerprint density at radius 2 is 1.67 bits per heavy atom. The molecule has 21 heavy (non-hydrogen) atoms. The average molecular weight is 317 g/mol. The van der Waals surface area contributed by atoms with E-state index < -0.39 is 21.3 Å². The zero-order valence-electron chi connectivity index (χ0n) is 13.2. The van der Waals surface area contributed by atoms with Gasteiger partial charge in [-0.2, -0.15) is 4.31 Å². The van der Waals surface area contributed by atoms with Crippen molar-refractivity contribution in [2.75, 3.05) is 13.1 Å². The first kappa shape index (κ1) is 17.6. The number of sulfonamides is 1. The molecule has 0 aliphatic rings. The van der Waals surface area contributed by atoms with Crippen molar-refractivity contribution in [3.8, 4) is 0 Å². The standard InChI is InChI=1S/C13H23N3O4S/c1-6-8-9-16(7-2)21(19,20)11-10(3)14(4)13(18)15(5)12(11)17/h6-9H2,1-5H3. The van der Waals surface area contributed by atoms with E-state index in [4.69, 9.17) is 0 Å². The number of rotatable bonds is 6. The van der Waals surface area contributed by atoms with Crippen molar-refractivity contribution >= 4 is 10.0 Å². The maximum atomic E-state index is 12.7. The van der Waals surface area contributed by atoms with Crippen LogP contribution in [0.5, 0.6) is 0 Å². The summed E-state index contributed by atoms with van der Waals surface area (Å²) in [6.07, 6.45) is 1.58. The highest BCUT2D eigenvalue weighted by Gasteiger charge is 2.30. The van der Waals surface area contributed by atoms with Crippen molar-refractivity contribution in [2.24, 2.45) is 14.1 Å². The predicted octanol–water partition coefficient (Wildman–Crippen LogP) is 0.203. The third kappa shape index (κ3) is 3.11. The van der Waals surface area contributed by atoms with Crippen molar-refractivity contribution in [2.45, 2.75) is 38.5 Å². The summed E-state index contributed by atoms with van der Waals surface area (Å²) in [4.78, 5) is 23.8. The SMILES string of the molecule is CCCCN(CC)S(=O)(=O)c1c(C)n(C)c(=O)n(C)c1=O. The third-order valence-electron chi connectivity index (χ3n) is 3.62. The van der Waals surface area contributed by atoms with E-state index in [-0.39, 0.29) is 17.1 Å². The first-order chi connectivity index (χ1) is 9.69. The van der Waals surface area contributed by atoms with E-state index in [1.165, 1.54) is 29.9 Å². The van der Waals surface area contributed by atoms with Gasteiger partial charge in [-0.3, -0.25) is 13.9 Å². The second kappa shape index (κ2) is 6.57. The quantitative estimate of drug-likeness (QED) is 0.751. The van der Waals surface area contributed by atoms with Gasteiger partial charge in [0.05, 0.1) is 0 Å². The largest absolute Gasteiger partial charge is 0.330 e. The van der Waals surface area contributed by atoms with Crippen LogP contribution in [0.15, 0.2) is 14.5 Å². The summed E-state index contributed by atoms with van der Waals surface area (Å²) < 4.78 is 28.7. The Hall–Kier alpha value is -1.41. The van der Waals surface area contributed by atoms with Crippen LogP contribution in [0.2, 0.25) is 0 Å². The van der Waals surface area contributed by atoms with Crippen LogP contribution in [0.4, 0.5) is 0 Å². The highest BCUT2D eigenvalue weighted by atomic mass is 32.2. The van der Waals surface area contributed by atoms with Crippen LogP contribution in [-0.2, 0) is 24.1 Å². The second-order valence-corrected chi connectivity index (χ2v) is 6.85. The fourth-order valence-corrected chi connectivity index (χ4v) is 3.96. The molecular formula is C13H23N3O4S. The lowest BCUT2D eigenvalue weighted by molar-refractivity contribution is 0.415. The van der Waals surface area contributed by atoms with E-state index >= 15 is 0 Å². The summed E-state index contributed by atoms with van der Waals surface area (Å²) in [6.45, 7) is 5.82. The third-order valence-corrected chi connectivity index (χ3v) is 5.72. The van der Waals surface area contributed by atoms with E-state index in [1.54, 1.807) is 6.92 Å². The van der Waals surface area contributed by atoms with E-state index in [0.29, 0.717) is 6.54 Å². The van der Waals surface area contributed by atoms with Crippen molar-refractivity contribution in [1.29, 1.82) is 0 Å². The summed E-state index contributed by atoms with van der Waals surface area (Å²) in [5.41, 5.74) is -1.14. The average Bonchev–Trinajstić information content (AvgIpc) is 2.43. The molecule has 0 saturated carbocycles. The van der Waals surface area contributed by atoms with Crippen molar-refractivity contribution in [1.82, 2.24) is 13.4 Å². The minimum absolute atomic E-state index is 0.165. The van der Waals surface area contributed by atoms with Gasteiger partial charge in [-0.25, -0.2) is 13.2 Å². The molecule has 1 aromatic heterocycles. The number of nitrogens with zero attached hydrogens (tertiary/aromatic N) is 3. The van der Waals surface area contributed by atoms with Gasteiger partial charge >= 0.3 is 5.69 Å². The summed E-state index contributed by atoms with van der Waals surface area (Å²) in [5, 5.41) is 0. The normalized spacial score (nSPS) is 12.1. The topological polar surface area (TPSA) is 81.4 Å². The van der Waals surface area contributed by atoms with Crippen LogP contribution >= 0.6 is 0 Å². The minimum atomic E-state index is -3.91. The van der Waals surface area contributed by atoms with E-state index in [0.717, 1.165) is 17.4 Å². The molecule has 0 bridgehead atoms. The number of hydrogen-bond donors (Lipinski definition) is 0. The highest BCUT2D eigenvalue weighted by molar-refractivity contribution is 7.89. The molecule has 1 heterocycles. The molecule has 8 heteroatoms. The van der Waals surface area contributed by atoms with Crippen LogP contribution in [0.1, 0.15) is 32.4 Å². The molecule has 0 aliphatic heterocycles. The van der Waals surface area contributed by atoms with Crippen molar-refractivity contribution in [3.05, 3.63) is 26.5 Å². The number of unbranched alkanes of at least 4 members (excludes halogenated alkanes) is 1. The molecule has 0 fully saturated rings. The number of aromatic nitrogens is 2. The molecule has 0 saturated heterocycles. The molecule has 0 aromatic carbocycles. The van der Waals surface area contributed by atoms with Crippen molar-refractivity contribution in [3.63, 3.8) is 0 Å².